The SMILES string of the molecule is O=C(Nc1ccccc1F)[C@H]1CCCN1C(=O)c1ccc(Cl)cc1. The van der Waals surface area contributed by atoms with E-state index in [-0.39, 0.29) is 17.5 Å². The molecule has 0 aromatic heterocycles. The Morgan fingerprint density at radius 1 is 1.12 bits per heavy atom. The van der Waals surface area contributed by atoms with E-state index >= 15 is 0 Å². The van der Waals surface area contributed by atoms with Crippen LogP contribution in [-0.4, -0.2) is 29.3 Å². The standard InChI is InChI=1S/C18H16ClFN2O2/c19-13-9-7-12(8-10-13)18(24)22-11-3-6-16(22)17(23)21-15-5-2-1-4-14(15)20/h1-2,4-5,7-10,16H,3,6,11H2,(H,21,23)/t16-/m1/s1. The second-order valence-electron chi connectivity index (χ2n) is 5.63. The van der Waals surface area contributed by atoms with Crippen LogP contribution in [0.25, 0.3) is 0 Å². The summed E-state index contributed by atoms with van der Waals surface area (Å²) in [7, 11) is 0. The fourth-order valence-electron chi connectivity index (χ4n) is 2.82. The van der Waals surface area contributed by atoms with E-state index in [1.807, 2.05) is 0 Å². The maximum atomic E-state index is 13.7. The van der Waals surface area contributed by atoms with Crippen LogP contribution >= 0.6 is 11.6 Å². The van der Waals surface area contributed by atoms with Crippen molar-refractivity contribution in [3.05, 3.63) is 64.9 Å². The number of likely N-dealkylation sites (tertiary alicyclic amines) is 1. The van der Waals surface area contributed by atoms with Crippen molar-refractivity contribution in [2.45, 2.75) is 18.9 Å². The Bertz CT molecular complexity index is 764. The average Bonchev–Trinajstić information content (AvgIpc) is 3.07. The molecule has 0 radical (unpaired) electrons. The van der Waals surface area contributed by atoms with Crippen LogP contribution in [0.15, 0.2) is 48.5 Å². The van der Waals surface area contributed by atoms with E-state index in [2.05, 4.69) is 5.32 Å². The van der Waals surface area contributed by atoms with Crippen molar-refractivity contribution in [2.24, 2.45) is 0 Å². The molecule has 1 heterocycles. The van der Waals surface area contributed by atoms with E-state index in [1.165, 1.54) is 17.0 Å². The van der Waals surface area contributed by atoms with E-state index in [0.29, 0.717) is 23.6 Å². The zero-order valence-corrected chi connectivity index (χ0v) is 13.6. The predicted molar refractivity (Wildman–Crippen MR) is 90.5 cm³/mol. The Morgan fingerprint density at radius 3 is 2.54 bits per heavy atom. The van der Waals surface area contributed by atoms with E-state index in [4.69, 9.17) is 11.6 Å². The Morgan fingerprint density at radius 2 is 1.83 bits per heavy atom. The molecule has 2 aromatic rings. The van der Waals surface area contributed by atoms with E-state index in [1.54, 1.807) is 36.4 Å². The molecular formula is C18H16ClFN2O2. The van der Waals surface area contributed by atoms with Gasteiger partial charge in [0.05, 0.1) is 5.69 Å². The van der Waals surface area contributed by atoms with E-state index in [0.717, 1.165) is 6.42 Å². The molecule has 0 unspecified atom stereocenters. The molecular weight excluding hydrogens is 331 g/mol. The molecule has 124 valence electrons. The number of rotatable bonds is 3. The lowest BCUT2D eigenvalue weighted by Gasteiger charge is -2.24. The largest absolute Gasteiger partial charge is 0.327 e. The third kappa shape index (κ3) is 3.41. The van der Waals surface area contributed by atoms with Gasteiger partial charge in [-0.15, -0.1) is 0 Å². The first-order chi connectivity index (χ1) is 11.6. The minimum atomic E-state index is -0.604. The number of carbonyl (C=O) groups is 2. The van der Waals surface area contributed by atoms with Gasteiger partial charge in [0, 0.05) is 17.1 Å². The van der Waals surface area contributed by atoms with Crippen LogP contribution in [-0.2, 0) is 4.79 Å². The van der Waals surface area contributed by atoms with Gasteiger partial charge in [-0.2, -0.15) is 0 Å². The highest BCUT2D eigenvalue weighted by Gasteiger charge is 2.34. The van der Waals surface area contributed by atoms with Crippen LogP contribution in [0.4, 0.5) is 10.1 Å². The average molecular weight is 347 g/mol. The van der Waals surface area contributed by atoms with Gasteiger partial charge in [0.15, 0.2) is 0 Å². The summed E-state index contributed by atoms with van der Waals surface area (Å²) in [6, 6.07) is 11.9. The second-order valence-corrected chi connectivity index (χ2v) is 6.07. The first-order valence-corrected chi connectivity index (χ1v) is 8.06. The van der Waals surface area contributed by atoms with Crippen molar-refractivity contribution < 1.29 is 14.0 Å². The molecule has 0 saturated carbocycles. The molecule has 2 amide bonds. The quantitative estimate of drug-likeness (QED) is 0.920. The highest BCUT2D eigenvalue weighted by atomic mass is 35.5. The van der Waals surface area contributed by atoms with Gasteiger partial charge in [-0.3, -0.25) is 9.59 Å². The summed E-state index contributed by atoms with van der Waals surface area (Å²) in [5.41, 5.74) is 0.596. The Labute approximate surface area is 144 Å². The molecule has 3 rings (SSSR count). The van der Waals surface area contributed by atoms with Crippen molar-refractivity contribution in [1.82, 2.24) is 4.90 Å². The summed E-state index contributed by atoms with van der Waals surface area (Å²) in [6.07, 6.45) is 1.29. The van der Waals surface area contributed by atoms with Gasteiger partial charge in [-0.1, -0.05) is 23.7 Å². The first kappa shape index (κ1) is 16.5. The summed E-state index contributed by atoms with van der Waals surface area (Å²) in [5, 5.41) is 3.11. The van der Waals surface area contributed by atoms with Gasteiger partial charge >= 0.3 is 0 Å². The first-order valence-electron chi connectivity index (χ1n) is 7.68. The molecule has 2 aromatic carbocycles. The van der Waals surface area contributed by atoms with Crippen molar-refractivity contribution in [3.63, 3.8) is 0 Å². The summed E-state index contributed by atoms with van der Waals surface area (Å²) >= 11 is 5.84. The summed E-state index contributed by atoms with van der Waals surface area (Å²) in [6.45, 7) is 0.497. The molecule has 1 aliphatic rings. The van der Waals surface area contributed by atoms with Crippen molar-refractivity contribution in [1.29, 1.82) is 0 Å². The number of hydrogen-bond acceptors (Lipinski definition) is 2. The smallest absolute Gasteiger partial charge is 0.254 e. The van der Waals surface area contributed by atoms with Gasteiger partial charge < -0.3 is 10.2 Å². The molecule has 0 bridgehead atoms. The van der Waals surface area contributed by atoms with Crippen LogP contribution in [0.5, 0.6) is 0 Å². The zero-order valence-electron chi connectivity index (χ0n) is 12.8. The molecule has 24 heavy (non-hydrogen) atoms. The number of benzene rings is 2. The van der Waals surface area contributed by atoms with Gasteiger partial charge in [0.1, 0.15) is 11.9 Å². The molecule has 1 N–H and O–H groups in total. The highest BCUT2D eigenvalue weighted by molar-refractivity contribution is 6.30. The van der Waals surface area contributed by atoms with Gasteiger partial charge in [0.2, 0.25) is 5.91 Å². The Kier molecular flexibility index (Phi) is 4.81. The number of carbonyl (C=O) groups excluding carboxylic acids is 2. The highest BCUT2D eigenvalue weighted by Crippen LogP contribution is 2.23. The number of nitrogens with zero attached hydrogens (tertiary/aromatic N) is 1. The molecule has 6 heteroatoms. The lowest BCUT2D eigenvalue weighted by atomic mass is 10.1. The minimum absolute atomic E-state index is 0.119. The second kappa shape index (κ2) is 7.01. The van der Waals surface area contributed by atoms with E-state index in [9.17, 15) is 14.0 Å². The number of anilines is 1. The van der Waals surface area contributed by atoms with Crippen LogP contribution < -0.4 is 5.32 Å². The zero-order chi connectivity index (χ0) is 17.1. The van der Waals surface area contributed by atoms with Crippen molar-refractivity contribution >= 4 is 29.1 Å². The van der Waals surface area contributed by atoms with Crippen LogP contribution in [0.1, 0.15) is 23.2 Å². The van der Waals surface area contributed by atoms with Crippen LogP contribution in [0.3, 0.4) is 0 Å². The molecule has 0 aliphatic carbocycles. The summed E-state index contributed by atoms with van der Waals surface area (Å²) < 4.78 is 13.7. The molecule has 4 nitrogen and oxygen atoms in total. The molecule has 1 atom stereocenters. The molecule has 1 saturated heterocycles. The van der Waals surface area contributed by atoms with E-state index < -0.39 is 11.9 Å². The number of para-hydroxylation sites is 1. The maximum absolute atomic E-state index is 13.7. The summed E-state index contributed by atoms with van der Waals surface area (Å²) in [4.78, 5) is 26.6. The molecule has 1 aliphatic heterocycles. The van der Waals surface area contributed by atoms with Gasteiger partial charge in [0.25, 0.3) is 5.91 Å². The number of amides is 2. The van der Waals surface area contributed by atoms with Crippen molar-refractivity contribution in [2.75, 3.05) is 11.9 Å². The van der Waals surface area contributed by atoms with Gasteiger partial charge in [-0.05, 0) is 49.2 Å². The van der Waals surface area contributed by atoms with Crippen LogP contribution in [0, 0.1) is 5.82 Å². The normalized spacial score (nSPS) is 16.9. The maximum Gasteiger partial charge on any atom is 0.254 e. The fraction of sp³-hybridized carbons (Fsp3) is 0.222. The number of nitrogens with one attached hydrogen (secondary N) is 1. The lowest BCUT2D eigenvalue weighted by molar-refractivity contribution is -0.119. The lowest BCUT2D eigenvalue weighted by Crippen LogP contribution is -2.43. The van der Waals surface area contributed by atoms with Crippen molar-refractivity contribution in [3.8, 4) is 0 Å². The third-order valence-corrected chi connectivity index (χ3v) is 4.29. The fourth-order valence-corrected chi connectivity index (χ4v) is 2.95. The topological polar surface area (TPSA) is 49.4 Å². The molecule has 0 spiro atoms. The Balaban J connectivity index is 1.75. The third-order valence-electron chi connectivity index (χ3n) is 4.04. The monoisotopic (exact) mass is 346 g/mol. The summed E-state index contributed by atoms with van der Waals surface area (Å²) in [5.74, 6) is -1.10. The van der Waals surface area contributed by atoms with Crippen LogP contribution in [0.2, 0.25) is 5.02 Å². The number of halogens is 2. The minimum Gasteiger partial charge on any atom is -0.327 e. The van der Waals surface area contributed by atoms with Gasteiger partial charge in [-0.25, -0.2) is 4.39 Å². The Hall–Kier alpha value is -2.40. The predicted octanol–water partition coefficient (Wildman–Crippen LogP) is 3.72. The molecule has 1 fully saturated rings. The number of hydrogen-bond donors (Lipinski definition) is 1.